The average Bonchev–Trinajstić information content (AvgIpc) is 2.24. The number of halogens is 2. The van der Waals surface area contributed by atoms with E-state index in [1.807, 2.05) is 0 Å². The minimum Gasteiger partial charge on any atom is -0.394 e. The second kappa shape index (κ2) is 5.94. The topological polar surface area (TPSA) is 61.4 Å². The van der Waals surface area contributed by atoms with Gasteiger partial charge in [-0.1, -0.05) is 29.3 Å². The van der Waals surface area contributed by atoms with E-state index >= 15 is 0 Å². The highest BCUT2D eigenvalue weighted by atomic mass is 35.5. The molecule has 88 valence electrons. The Morgan fingerprint density at radius 1 is 1.50 bits per heavy atom. The number of hydrogen-bond acceptors (Lipinski definition) is 2. The zero-order chi connectivity index (χ0) is 12.1. The van der Waals surface area contributed by atoms with Gasteiger partial charge in [0.1, 0.15) is 0 Å². The number of aliphatic hydroxyl groups is 1. The Balaban J connectivity index is 2.66. The van der Waals surface area contributed by atoms with Gasteiger partial charge in [-0.2, -0.15) is 0 Å². The number of urea groups is 1. The number of hydrogen-bond donors (Lipinski definition) is 3. The molecule has 0 spiro atoms. The van der Waals surface area contributed by atoms with Gasteiger partial charge in [0, 0.05) is 0 Å². The van der Waals surface area contributed by atoms with Gasteiger partial charge in [-0.15, -0.1) is 0 Å². The third-order valence-corrected chi connectivity index (χ3v) is 2.67. The van der Waals surface area contributed by atoms with E-state index in [-0.39, 0.29) is 17.7 Å². The molecule has 0 fully saturated rings. The van der Waals surface area contributed by atoms with Gasteiger partial charge in [0.05, 0.1) is 28.4 Å². The van der Waals surface area contributed by atoms with Gasteiger partial charge in [0.15, 0.2) is 0 Å². The van der Waals surface area contributed by atoms with Crippen molar-refractivity contribution in [2.24, 2.45) is 0 Å². The zero-order valence-corrected chi connectivity index (χ0v) is 10.1. The molecule has 0 aliphatic carbocycles. The molecule has 1 aromatic carbocycles. The van der Waals surface area contributed by atoms with E-state index in [1.165, 1.54) is 0 Å². The molecule has 0 saturated heterocycles. The lowest BCUT2D eigenvalue weighted by Gasteiger charge is -2.13. The van der Waals surface area contributed by atoms with Crippen LogP contribution in [0.15, 0.2) is 18.2 Å². The number of benzene rings is 1. The molecular formula is C10H12Cl2N2O2. The molecule has 0 radical (unpaired) electrons. The molecule has 1 unspecified atom stereocenters. The summed E-state index contributed by atoms with van der Waals surface area (Å²) in [5.74, 6) is 0. The predicted molar refractivity (Wildman–Crippen MR) is 65.2 cm³/mol. The molecule has 0 bridgehead atoms. The number of aliphatic hydroxyl groups excluding tert-OH is 1. The maximum Gasteiger partial charge on any atom is 0.319 e. The highest BCUT2D eigenvalue weighted by molar-refractivity contribution is 6.43. The lowest BCUT2D eigenvalue weighted by atomic mass is 10.3. The molecule has 3 N–H and O–H groups in total. The smallest absolute Gasteiger partial charge is 0.319 e. The summed E-state index contributed by atoms with van der Waals surface area (Å²) < 4.78 is 0. The molecule has 0 aromatic heterocycles. The highest BCUT2D eigenvalue weighted by Crippen LogP contribution is 2.29. The van der Waals surface area contributed by atoms with Crippen LogP contribution in [0.5, 0.6) is 0 Å². The molecule has 16 heavy (non-hydrogen) atoms. The number of carbonyl (C=O) groups is 1. The molecule has 0 heterocycles. The lowest BCUT2D eigenvalue weighted by molar-refractivity contribution is 0.229. The molecular weight excluding hydrogens is 251 g/mol. The fourth-order valence-corrected chi connectivity index (χ4v) is 1.38. The highest BCUT2D eigenvalue weighted by Gasteiger charge is 2.09. The SMILES string of the molecule is CC(CO)NC(=O)Nc1cccc(Cl)c1Cl. The Hall–Kier alpha value is -0.970. The first kappa shape index (κ1) is 13.1. The third kappa shape index (κ3) is 3.56. The first-order valence-electron chi connectivity index (χ1n) is 4.67. The summed E-state index contributed by atoms with van der Waals surface area (Å²) >= 11 is 11.7. The number of rotatable bonds is 3. The molecule has 1 aromatic rings. The van der Waals surface area contributed by atoms with E-state index in [1.54, 1.807) is 25.1 Å². The second-order valence-electron chi connectivity index (χ2n) is 3.28. The van der Waals surface area contributed by atoms with Gasteiger partial charge in [-0.05, 0) is 19.1 Å². The Kier molecular flexibility index (Phi) is 4.86. The van der Waals surface area contributed by atoms with Crippen LogP contribution in [-0.4, -0.2) is 23.8 Å². The van der Waals surface area contributed by atoms with Crippen LogP contribution in [0.2, 0.25) is 10.0 Å². The molecule has 4 nitrogen and oxygen atoms in total. The van der Waals surface area contributed by atoms with E-state index in [4.69, 9.17) is 28.3 Å². The van der Waals surface area contributed by atoms with Crippen LogP contribution in [0, 0.1) is 0 Å². The van der Waals surface area contributed by atoms with Crippen molar-refractivity contribution in [1.82, 2.24) is 5.32 Å². The molecule has 2 amide bonds. The largest absolute Gasteiger partial charge is 0.394 e. The lowest BCUT2D eigenvalue weighted by Crippen LogP contribution is -2.38. The Labute approximate surface area is 104 Å². The van der Waals surface area contributed by atoms with Crippen molar-refractivity contribution >= 4 is 34.9 Å². The van der Waals surface area contributed by atoms with Crippen LogP contribution >= 0.6 is 23.2 Å². The number of nitrogens with one attached hydrogen (secondary N) is 2. The zero-order valence-electron chi connectivity index (χ0n) is 8.63. The summed E-state index contributed by atoms with van der Waals surface area (Å²) in [4.78, 5) is 11.4. The minimum atomic E-state index is -0.439. The average molecular weight is 263 g/mol. The van der Waals surface area contributed by atoms with E-state index in [2.05, 4.69) is 10.6 Å². The summed E-state index contributed by atoms with van der Waals surface area (Å²) in [5, 5.41) is 14.5. The molecule has 0 aliphatic heterocycles. The van der Waals surface area contributed by atoms with Crippen molar-refractivity contribution in [1.29, 1.82) is 0 Å². The first-order valence-corrected chi connectivity index (χ1v) is 5.42. The molecule has 6 heteroatoms. The van der Waals surface area contributed by atoms with Crippen LogP contribution < -0.4 is 10.6 Å². The normalized spacial score (nSPS) is 12.0. The summed E-state index contributed by atoms with van der Waals surface area (Å²) in [6.07, 6.45) is 0. The monoisotopic (exact) mass is 262 g/mol. The van der Waals surface area contributed by atoms with Crippen molar-refractivity contribution in [3.8, 4) is 0 Å². The van der Waals surface area contributed by atoms with Crippen molar-refractivity contribution < 1.29 is 9.90 Å². The first-order chi connectivity index (χ1) is 7.54. The fourth-order valence-electron chi connectivity index (χ4n) is 1.03. The minimum absolute atomic E-state index is 0.128. The van der Waals surface area contributed by atoms with Gasteiger partial charge in [0.25, 0.3) is 0 Å². The predicted octanol–water partition coefficient (Wildman–Crippen LogP) is 2.50. The second-order valence-corrected chi connectivity index (χ2v) is 4.07. The standard InChI is InChI=1S/C10H12Cl2N2O2/c1-6(5-15)13-10(16)14-8-4-2-3-7(11)9(8)12/h2-4,6,15H,5H2,1H3,(H2,13,14,16). The van der Waals surface area contributed by atoms with Crippen LogP contribution in [0.3, 0.4) is 0 Å². The van der Waals surface area contributed by atoms with E-state index < -0.39 is 6.03 Å². The van der Waals surface area contributed by atoms with E-state index in [0.717, 1.165) is 0 Å². The maximum atomic E-state index is 11.4. The van der Waals surface area contributed by atoms with Crippen molar-refractivity contribution in [3.05, 3.63) is 28.2 Å². The van der Waals surface area contributed by atoms with Crippen LogP contribution in [-0.2, 0) is 0 Å². The Morgan fingerprint density at radius 2 is 2.19 bits per heavy atom. The molecule has 0 aliphatic rings. The summed E-state index contributed by atoms with van der Waals surface area (Å²) in [5.41, 5.74) is 0.428. The van der Waals surface area contributed by atoms with E-state index in [9.17, 15) is 4.79 Å². The van der Waals surface area contributed by atoms with Gasteiger partial charge >= 0.3 is 6.03 Å². The van der Waals surface area contributed by atoms with Crippen molar-refractivity contribution in [3.63, 3.8) is 0 Å². The van der Waals surface area contributed by atoms with Gasteiger partial charge in [0.2, 0.25) is 0 Å². The van der Waals surface area contributed by atoms with Crippen LogP contribution in [0.25, 0.3) is 0 Å². The van der Waals surface area contributed by atoms with Crippen LogP contribution in [0.4, 0.5) is 10.5 Å². The Bertz CT molecular complexity index is 385. The van der Waals surface area contributed by atoms with E-state index in [0.29, 0.717) is 10.7 Å². The molecule has 0 saturated carbocycles. The summed E-state index contributed by atoms with van der Waals surface area (Å²) in [6, 6.07) is 4.18. The Morgan fingerprint density at radius 3 is 2.81 bits per heavy atom. The van der Waals surface area contributed by atoms with Gasteiger partial charge in [-0.3, -0.25) is 0 Å². The quantitative estimate of drug-likeness (QED) is 0.784. The summed E-state index contributed by atoms with van der Waals surface area (Å²) in [6.45, 7) is 1.55. The molecule has 1 atom stereocenters. The van der Waals surface area contributed by atoms with Gasteiger partial charge in [-0.25, -0.2) is 4.79 Å². The molecule has 1 rings (SSSR count). The number of amides is 2. The number of anilines is 1. The maximum absolute atomic E-state index is 11.4. The van der Waals surface area contributed by atoms with Crippen molar-refractivity contribution in [2.45, 2.75) is 13.0 Å². The van der Waals surface area contributed by atoms with Crippen LogP contribution in [0.1, 0.15) is 6.92 Å². The number of carbonyl (C=O) groups excluding carboxylic acids is 1. The summed E-state index contributed by atoms with van der Waals surface area (Å²) in [7, 11) is 0. The third-order valence-electron chi connectivity index (χ3n) is 1.85. The fraction of sp³-hybridized carbons (Fsp3) is 0.300. The van der Waals surface area contributed by atoms with Crippen molar-refractivity contribution in [2.75, 3.05) is 11.9 Å². The van der Waals surface area contributed by atoms with Gasteiger partial charge < -0.3 is 15.7 Å².